The number of rotatable bonds is 4. The Morgan fingerprint density at radius 3 is 2.82 bits per heavy atom. The second-order valence-corrected chi connectivity index (χ2v) is 4.87. The molecule has 0 unspecified atom stereocenters. The number of thiazole rings is 1. The van der Waals surface area contributed by atoms with Crippen LogP contribution in [0.25, 0.3) is 0 Å². The first-order chi connectivity index (χ1) is 8.20. The van der Waals surface area contributed by atoms with Gasteiger partial charge in [0.15, 0.2) is 0 Å². The fourth-order valence-corrected chi connectivity index (χ4v) is 2.40. The molecule has 0 N–H and O–H groups in total. The Kier molecular flexibility index (Phi) is 3.97. The number of hydrogen-bond donors (Lipinski definition) is 0. The molecule has 2 heterocycles. The monoisotopic (exact) mass is 267 g/mol. The maximum absolute atomic E-state index is 5.82. The van der Waals surface area contributed by atoms with Crippen LogP contribution in [0.3, 0.4) is 0 Å². The van der Waals surface area contributed by atoms with E-state index in [0.717, 1.165) is 29.3 Å². The van der Waals surface area contributed by atoms with Crippen molar-refractivity contribution in [1.82, 2.24) is 9.97 Å². The quantitative estimate of drug-likeness (QED) is 0.797. The maximum Gasteiger partial charge on any atom is 0.128 e. The smallest absolute Gasteiger partial charge is 0.128 e. The second-order valence-electron chi connectivity index (χ2n) is 3.88. The molecule has 0 aliphatic carbocycles. The van der Waals surface area contributed by atoms with Crippen molar-refractivity contribution in [2.75, 3.05) is 11.9 Å². The van der Waals surface area contributed by atoms with Gasteiger partial charge in [-0.3, -0.25) is 0 Å². The molecule has 0 aliphatic rings. The van der Waals surface area contributed by atoms with Crippen molar-refractivity contribution in [3.05, 3.63) is 40.0 Å². The molecule has 17 heavy (non-hydrogen) atoms. The Balaban J connectivity index is 2.14. The molecule has 90 valence electrons. The SMILES string of the molecule is Cc1nc(N(C)Cc2cscn2)ccc1CCl. The molecule has 2 aromatic heterocycles. The highest BCUT2D eigenvalue weighted by molar-refractivity contribution is 7.07. The van der Waals surface area contributed by atoms with E-state index in [4.69, 9.17) is 11.6 Å². The van der Waals surface area contributed by atoms with E-state index < -0.39 is 0 Å². The zero-order valence-electron chi connectivity index (χ0n) is 9.85. The molecular weight excluding hydrogens is 254 g/mol. The lowest BCUT2D eigenvalue weighted by molar-refractivity contribution is 0.867. The Hall–Kier alpha value is -1.13. The molecule has 0 fully saturated rings. The number of anilines is 1. The van der Waals surface area contributed by atoms with Gasteiger partial charge in [0.25, 0.3) is 0 Å². The third-order valence-corrected chi connectivity index (χ3v) is 3.52. The number of aromatic nitrogens is 2. The van der Waals surface area contributed by atoms with Crippen LogP contribution in [0.15, 0.2) is 23.0 Å². The summed E-state index contributed by atoms with van der Waals surface area (Å²) in [5.41, 5.74) is 4.98. The van der Waals surface area contributed by atoms with Gasteiger partial charge in [-0.05, 0) is 18.6 Å². The molecular formula is C12H14ClN3S. The van der Waals surface area contributed by atoms with Gasteiger partial charge in [-0.1, -0.05) is 6.07 Å². The molecule has 3 nitrogen and oxygen atoms in total. The second kappa shape index (κ2) is 5.47. The molecule has 5 heteroatoms. The molecule has 0 bridgehead atoms. The third-order valence-electron chi connectivity index (χ3n) is 2.60. The molecule has 0 amide bonds. The standard InChI is InChI=1S/C12H14ClN3S/c1-9-10(5-13)3-4-12(15-9)16(2)6-11-7-17-8-14-11/h3-4,7-8H,5-6H2,1-2H3. The first kappa shape index (κ1) is 12.3. The van der Waals surface area contributed by atoms with Crippen molar-refractivity contribution >= 4 is 28.8 Å². The van der Waals surface area contributed by atoms with E-state index in [1.54, 1.807) is 11.3 Å². The van der Waals surface area contributed by atoms with Crippen molar-refractivity contribution in [2.45, 2.75) is 19.3 Å². The van der Waals surface area contributed by atoms with E-state index in [2.05, 4.69) is 20.2 Å². The van der Waals surface area contributed by atoms with Gasteiger partial charge in [0.2, 0.25) is 0 Å². The van der Waals surface area contributed by atoms with Gasteiger partial charge in [-0.2, -0.15) is 0 Å². The Morgan fingerprint density at radius 1 is 1.41 bits per heavy atom. The molecule has 0 radical (unpaired) electrons. The predicted molar refractivity (Wildman–Crippen MR) is 72.8 cm³/mol. The Morgan fingerprint density at radius 2 is 2.24 bits per heavy atom. The van der Waals surface area contributed by atoms with Crippen molar-refractivity contribution in [3.63, 3.8) is 0 Å². The summed E-state index contributed by atoms with van der Waals surface area (Å²) in [6.07, 6.45) is 0. The minimum atomic E-state index is 0.509. The largest absolute Gasteiger partial charge is 0.354 e. The van der Waals surface area contributed by atoms with Gasteiger partial charge in [-0.15, -0.1) is 22.9 Å². The van der Waals surface area contributed by atoms with Crippen LogP contribution in [0, 0.1) is 6.92 Å². The first-order valence-corrected chi connectivity index (χ1v) is 6.79. The first-order valence-electron chi connectivity index (χ1n) is 5.31. The zero-order chi connectivity index (χ0) is 12.3. The minimum Gasteiger partial charge on any atom is -0.354 e. The van der Waals surface area contributed by atoms with Gasteiger partial charge in [0.1, 0.15) is 5.82 Å². The predicted octanol–water partition coefficient (Wildman–Crippen LogP) is 3.22. The lowest BCUT2D eigenvalue weighted by Gasteiger charge is -2.18. The van der Waals surface area contributed by atoms with Crippen molar-refractivity contribution in [3.8, 4) is 0 Å². The van der Waals surface area contributed by atoms with E-state index in [1.165, 1.54) is 0 Å². The summed E-state index contributed by atoms with van der Waals surface area (Å²) in [4.78, 5) is 10.9. The van der Waals surface area contributed by atoms with Gasteiger partial charge in [0.05, 0.1) is 17.7 Å². The van der Waals surface area contributed by atoms with Crippen LogP contribution in [0.4, 0.5) is 5.82 Å². The number of halogens is 1. The summed E-state index contributed by atoms with van der Waals surface area (Å²) in [5, 5.41) is 2.05. The van der Waals surface area contributed by atoms with Crippen LogP contribution in [0.2, 0.25) is 0 Å². The highest BCUT2D eigenvalue weighted by atomic mass is 35.5. The topological polar surface area (TPSA) is 29.0 Å². The molecule has 0 atom stereocenters. The van der Waals surface area contributed by atoms with E-state index >= 15 is 0 Å². The summed E-state index contributed by atoms with van der Waals surface area (Å²) in [6, 6.07) is 4.03. The molecule has 0 aromatic carbocycles. The fraction of sp³-hybridized carbons (Fsp3) is 0.333. The van der Waals surface area contributed by atoms with Crippen LogP contribution < -0.4 is 4.90 Å². The van der Waals surface area contributed by atoms with Crippen LogP contribution in [0.5, 0.6) is 0 Å². The van der Waals surface area contributed by atoms with E-state index in [1.807, 2.05) is 31.6 Å². The lowest BCUT2D eigenvalue weighted by Crippen LogP contribution is -2.18. The summed E-state index contributed by atoms with van der Waals surface area (Å²) < 4.78 is 0. The van der Waals surface area contributed by atoms with Crippen molar-refractivity contribution < 1.29 is 0 Å². The maximum atomic E-state index is 5.82. The molecule has 0 saturated heterocycles. The van der Waals surface area contributed by atoms with Crippen molar-refractivity contribution in [1.29, 1.82) is 0 Å². The molecule has 0 spiro atoms. The average Bonchev–Trinajstić information content (AvgIpc) is 2.81. The van der Waals surface area contributed by atoms with Crippen molar-refractivity contribution in [2.24, 2.45) is 0 Å². The van der Waals surface area contributed by atoms with Gasteiger partial charge in [0, 0.05) is 24.0 Å². The average molecular weight is 268 g/mol. The number of alkyl halides is 1. The summed E-state index contributed by atoms with van der Waals surface area (Å²) in [7, 11) is 2.02. The van der Waals surface area contributed by atoms with Gasteiger partial charge < -0.3 is 4.90 Å². The van der Waals surface area contributed by atoms with Gasteiger partial charge >= 0.3 is 0 Å². The molecule has 2 rings (SSSR count). The Labute approximate surface area is 110 Å². The zero-order valence-corrected chi connectivity index (χ0v) is 11.4. The lowest BCUT2D eigenvalue weighted by atomic mass is 10.2. The molecule has 0 aliphatic heterocycles. The normalized spacial score (nSPS) is 10.5. The van der Waals surface area contributed by atoms with Crippen LogP contribution in [-0.4, -0.2) is 17.0 Å². The van der Waals surface area contributed by atoms with Crippen LogP contribution >= 0.6 is 22.9 Å². The van der Waals surface area contributed by atoms with E-state index in [0.29, 0.717) is 5.88 Å². The third kappa shape index (κ3) is 2.96. The number of aryl methyl sites for hydroxylation is 1. The highest BCUT2D eigenvalue weighted by Crippen LogP contribution is 2.17. The number of pyridine rings is 1. The fourth-order valence-electron chi connectivity index (χ4n) is 1.57. The molecule has 2 aromatic rings. The number of hydrogen-bond acceptors (Lipinski definition) is 4. The van der Waals surface area contributed by atoms with E-state index in [-0.39, 0.29) is 0 Å². The summed E-state index contributed by atoms with van der Waals surface area (Å²) >= 11 is 7.43. The van der Waals surface area contributed by atoms with Crippen LogP contribution in [-0.2, 0) is 12.4 Å². The number of nitrogens with zero attached hydrogens (tertiary/aromatic N) is 3. The highest BCUT2D eigenvalue weighted by Gasteiger charge is 2.07. The van der Waals surface area contributed by atoms with E-state index in [9.17, 15) is 0 Å². The molecule has 0 saturated carbocycles. The minimum absolute atomic E-state index is 0.509. The summed E-state index contributed by atoms with van der Waals surface area (Å²) in [5.74, 6) is 1.46. The summed E-state index contributed by atoms with van der Waals surface area (Å²) in [6.45, 7) is 2.76. The Bertz CT molecular complexity index is 485. The van der Waals surface area contributed by atoms with Gasteiger partial charge in [-0.25, -0.2) is 9.97 Å². The van der Waals surface area contributed by atoms with Crippen LogP contribution in [0.1, 0.15) is 17.0 Å².